The molecule has 2 aromatic heterocycles. The van der Waals surface area contributed by atoms with Crippen LogP contribution in [0.15, 0.2) is 24.4 Å². The summed E-state index contributed by atoms with van der Waals surface area (Å²) in [6.45, 7) is 5.96. The fourth-order valence-electron chi connectivity index (χ4n) is 2.70. The molecule has 6 nitrogen and oxygen atoms in total. The maximum absolute atomic E-state index is 12.9. The first-order valence-corrected chi connectivity index (χ1v) is 9.30. The van der Waals surface area contributed by atoms with Crippen molar-refractivity contribution in [3.05, 3.63) is 35.8 Å². The number of hydrogen-bond donors (Lipinski definition) is 1. The zero-order valence-corrected chi connectivity index (χ0v) is 15.0. The van der Waals surface area contributed by atoms with Crippen LogP contribution in [0.5, 0.6) is 0 Å². The Morgan fingerprint density at radius 2 is 2.25 bits per heavy atom. The lowest BCUT2D eigenvalue weighted by Crippen LogP contribution is -2.49. The van der Waals surface area contributed by atoms with E-state index >= 15 is 0 Å². The van der Waals surface area contributed by atoms with E-state index in [2.05, 4.69) is 10.3 Å². The Labute approximate surface area is 145 Å². The van der Waals surface area contributed by atoms with Crippen LogP contribution in [0.4, 0.5) is 0 Å². The van der Waals surface area contributed by atoms with Crippen LogP contribution in [0.25, 0.3) is 5.65 Å². The summed E-state index contributed by atoms with van der Waals surface area (Å²) in [4.78, 5) is 31.3. The molecule has 1 aliphatic heterocycles. The van der Waals surface area contributed by atoms with Crippen molar-refractivity contribution in [3.63, 3.8) is 0 Å². The fraction of sp³-hybridized carbons (Fsp3) is 0.471. The van der Waals surface area contributed by atoms with E-state index in [1.165, 1.54) is 0 Å². The lowest BCUT2D eigenvalue weighted by Gasteiger charge is -2.23. The van der Waals surface area contributed by atoms with Gasteiger partial charge in [-0.3, -0.25) is 9.59 Å². The Bertz CT molecular complexity index is 773. The summed E-state index contributed by atoms with van der Waals surface area (Å²) in [5.41, 5.74) is 2.14. The first-order chi connectivity index (χ1) is 11.5. The molecule has 3 heterocycles. The van der Waals surface area contributed by atoms with Crippen LogP contribution < -0.4 is 5.32 Å². The van der Waals surface area contributed by atoms with E-state index in [4.69, 9.17) is 0 Å². The molecule has 128 valence electrons. The molecule has 2 amide bonds. The number of imidazole rings is 1. The number of fused-ring (bicyclic) bond motifs is 1. The predicted octanol–water partition coefficient (Wildman–Crippen LogP) is 2.07. The van der Waals surface area contributed by atoms with E-state index in [9.17, 15) is 9.59 Å². The number of amides is 2. The minimum Gasteiger partial charge on any atom is -0.352 e. The molecule has 0 aliphatic carbocycles. The fourth-order valence-corrected chi connectivity index (χ4v) is 3.85. The molecular weight excluding hydrogens is 324 g/mol. The summed E-state index contributed by atoms with van der Waals surface area (Å²) in [7, 11) is 0. The normalized spacial score (nSPS) is 18.8. The highest BCUT2D eigenvalue weighted by Crippen LogP contribution is 2.23. The Morgan fingerprint density at radius 1 is 1.46 bits per heavy atom. The number of aromatic nitrogens is 2. The topological polar surface area (TPSA) is 66.7 Å². The van der Waals surface area contributed by atoms with Gasteiger partial charge in [0.15, 0.2) is 0 Å². The Kier molecular flexibility index (Phi) is 4.80. The van der Waals surface area contributed by atoms with Gasteiger partial charge in [-0.1, -0.05) is 13.0 Å². The van der Waals surface area contributed by atoms with Crippen molar-refractivity contribution in [2.24, 2.45) is 0 Å². The molecule has 1 saturated heterocycles. The maximum Gasteiger partial charge on any atom is 0.275 e. The van der Waals surface area contributed by atoms with Gasteiger partial charge in [-0.15, -0.1) is 11.8 Å². The lowest BCUT2D eigenvalue weighted by atomic mass is 10.2. The SMILES string of the molecule is CC[C@@H](C)NC(=O)[C@H]1CSCN1C(=O)c1cn2c(C)cccc2n1. The molecule has 0 saturated carbocycles. The molecule has 2 atom stereocenters. The maximum atomic E-state index is 12.9. The average Bonchev–Trinajstić information content (AvgIpc) is 3.21. The second-order valence-corrected chi connectivity index (χ2v) is 7.13. The van der Waals surface area contributed by atoms with E-state index in [0.29, 0.717) is 17.3 Å². The van der Waals surface area contributed by atoms with Gasteiger partial charge in [0.25, 0.3) is 5.91 Å². The van der Waals surface area contributed by atoms with Gasteiger partial charge < -0.3 is 14.6 Å². The van der Waals surface area contributed by atoms with E-state index < -0.39 is 6.04 Å². The zero-order valence-electron chi connectivity index (χ0n) is 14.2. The highest BCUT2D eigenvalue weighted by atomic mass is 32.2. The van der Waals surface area contributed by atoms with Crippen molar-refractivity contribution in [1.82, 2.24) is 19.6 Å². The molecule has 3 rings (SSSR count). The van der Waals surface area contributed by atoms with Gasteiger partial charge in [-0.25, -0.2) is 4.98 Å². The number of aryl methyl sites for hydroxylation is 1. The number of pyridine rings is 1. The molecule has 1 fully saturated rings. The summed E-state index contributed by atoms with van der Waals surface area (Å²) in [6.07, 6.45) is 2.62. The number of rotatable bonds is 4. The van der Waals surface area contributed by atoms with Gasteiger partial charge in [0, 0.05) is 23.7 Å². The summed E-state index contributed by atoms with van der Waals surface area (Å²) in [6, 6.07) is 5.44. The predicted molar refractivity (Wildman–Crippen MR) is 95.1 cm³/mol. The molecule has 7 heteroatoms. The van der Waals surface area contributed by atoms with E-state index in [0.717, 1.165) is 17.8 Å². The minimum atomic E-state index is -0.428. The summed E-state index contributed by atoms with van der Waals surface area (Å²) < 4.78 is 1.89. The van der Waals surface area contributed by atoms with Crippen molar-refractivity contribution in [3.8, 4) is 0 Å². The molecule has 2 aromatic rings. The molecule has 0 bridgehead atoms. The zero-order chi connectivity index (χ0) is 17.3. The van der Waals surface area contributed by atoms with Gasteiger partial charge in [0.1, 0.15) is 17.4 Å². The Morgan fingerprint density at radius 3 is 2.96 bits per heavy atom. The van der Waals surface area contributed by atoms with Gasteiger partial charge in [-0.05, 0) is 32.4 Å². The quantitative estimate of drug-likeness (QED) is 0.920. The monoisotopic (exact) mass is 346 g/mol. The van der Waals surface area contributed by atoms with Crippen LogP contribution in [0.2, 0.25) is 0 Å². The molecule has 0 radical (unpaired) electrons. The van der Waals surface area contributed by atoms with E-state index in [1.807, 2.05) is 43.4 Å². The molecule has 1 N–H and O–H groups in total. The van der Waals surface area contributed by atoms with Gasteiger partial charge >= 0.3 is 0 Å². The summed E-state index contributed by atoms with van der Waals surface area (Å²) in [5.74, 6) is 0.875. The summed E-state index contributed by atoms with van der Waals surface area (Å²) >= 11 is 1.60. The number of thioether (sulfide) groups is 1. The first-order valence-electron chi connectivity index (χ1n) is 8.15. The number of nitrogens with one attached hydrogen (secondary N) is 1. The standard InChI is InChI=1S/C17H22N4O2S/c1-4-11(2)18-16(22)14-9-24-10-21(14)17(23)13-8-20-12(3)6-5-7-15(20)19-13/h5-8,11,14H,4,9-10H2,1-3H3,(H,18,22)/t11-,14-/m1/s1. The number of hydrogen-bond acceptors (Lipinski definition) is 4. The molecule has 24 heavy (non-hydrogen) atoms. The molecule has 1 aliphatic rings. The van der Waals surface area contributed by atoms with Crippen LogP contribution >= 0.6 is 11.8 Å². The Hall–Kier alpha value is -2.02. The minimum absolute atomic E-state index is 0.0809. The molecular formula is C17H22N4O2S. The van der Waals surface area contributed by atoms with E-state index in [1.54, 1.807) is 22.9 Å². The van der Waals surface area contributed by atoms with Crippen LogP contribution in [0, 0.1) is 6.92 Å². The molecule has 0 unspecified atom stereocenters. The smallest absolute Gasteiger partial charge is 0.275 e. The van der Waals surface area contributed by atoms with Crippen LogP contribution in [0.1, 0.15) is 36.5 Å². The van der Waals surface area contributed by atoms with Crippen molar-refractivity contribution in [1.29, 1.82) is 0 Å². The van der Waals surface area contributed by atoms with Crippen molar-refractivity contribution >= 4 is 29.2 Å². The number of nitrogens with zero attached hydrogens (tertiary/aromatic N) is 3. The van der Waals surface area contributed by atoms with Crippen molar-refractivity contribution < 1.29 is 9.59 Å². The van der Waals surface area contributed by atoms with E-state index in [-0.39, 0.29) is 17.9 Å². The van der Waals surface area contributed by atoms with Gasteiger partial charge in [0.2, 0.25) is 5.91 Å². The number of carbonyl (C=O) groups is 2. The third-order valence-electron chi connectivity index (χ3n) is 4.36. The number of carbonyl (C=O) groups excluding carboxylic acids is 2. The largest absolute Gasteiger partial charge is 0.352 e. The second-order valence-electron chi connectivity index (χ2n) is 6.13. The van der Waals surface area contributed by atoms with Crippen molar-refractivity contribution in [2.45, 2.75) is 39.3 Å². The third kappa shape index (κ3) is 3.13. The van der Waals surface area contributed by atoms with Gasteiger partial charge in [0.05, 0.1) is 5.88 Å². The van der Waals surface area contributed by atoms with Gasteiger partial charge in [-0.2, -0.15) is 0 Å². The first kappa shape index (κ1) is 16.8. The average molecular weight is 346 g/mol. The highest BCUT2D eigenvalue weighted by molar-refractivity contribution is 7.99. The summed E-state index contributed by atoms with van der Waals surface area (Å²) in [5, 5.41) is 2.97. The van der Waals surface area contributed by atoms with Crippen molar-refractivity contribution in [2.75, 3.05) is 11.6 Å². The Balaban J connectivity index is 1.82. The van der Waals surface area contributed by atoms with Crippen LogP contribution in [0.3, 0.4) is 0 Å². The highest BCUT2D eigenvalue weighted by Gasteiger charge is 2.36. The van der Waals surface area contributed by atoms with Crippen LogP contribution in [-0.2, 0) is 4.79 Å². The lowest BCUT2D eigenvalue weighted by molar-refractivity contribution is -0.125. The second kappa shape index (κ2) is 6.84. The third-order valence-corrected chi connectivity index (χ3v) is 5.37. The molecule has 0 spiro atoms. The molecule has 0 aromatic carbocycles. The van der Waals surface area contributed by atoms with Crippen LogP contribution in [-0.4, -0.2) is 49.8 Å².